The van der Waals surface area contributed by atoms with Crippen LogP contribution in [0, 0.1) is 11.7 Å². The first-order chi connectivity index (χ1) is 13.8. The largest absolute Gasteiger partial charge is 0.354 e. The minimum absolute atomic E-state index is 0.0350. The molecule has 1 amide bonds. The average Bonchev–Trinajstić information content (AvgIpc) is 3.22. The number of carbonyl (C=O) groups is 1. The topological polar surface area (TPSA) is 69.7 Å². The molecule has 0 radical (unpaired) electrons. The molecule has 2 aromatic rings. The van der Waals surface area contributed by atoms with Crippen LogP contribution < -0.4 is 5.32 Å². The minimum Gasteiger partial charge on any atom is -0.354 e. The van der Waals surface area contributed by atoms with Gasteiger partial charge in [-0.15, -0.1) is 11.3 Å². The number of benzene rings is 1. The Morgan fingerprint density at radius 2 is 1.90 bits per heavy atom. The normalized spacial score (nSPS) is 17.4. The van der Waals surface area contributed by atoms with Crippen molar-refractivity contribution in [2.24, 2.45) is 5.92 Å². The molecule has 1 N–H and O–H groups in total. The van der Waals surface area contributed by atoms with Gasteiger partial charge in [-0.2, -0.15) is 4.31 Å². The molecule has 158 valence electrons. The number of piperidine rings is 1. The van der Waals surface area contributed by atoms with Crippen LogP contribution in [0.4, 0.5) is 4.39 Å². The molecule has 1 saturated heterocycles. The summed E-state index contributed by atoms with van der Waals surface area (Å²) in [5.74, 6) is -0.717. The van der Waals surface area contributed by atoms with E-state index in [0.29, 0.717) is 19.4 Å². The van der Waals surface area contributed by atoms with E-state index in [0.717, 1.165) is 12.1 Å². The molecule has 3 rings (SSSR count). The van der Waals surface area contributed by atoms with Gasteiger partial charge in [-0.1, -0.05) is 6.07 Å². The van der Waals surface area contributed by atoms with E-state index in [-0.39, 0.29) is 35.9 Å². The van der Waals surface area contributed by atoms with Crippen molar-refractivity contribution < 1.29 is 17.6 Å². The third-order valence-electron chi connectivity index (χ3n) is 5.24. The van der Waals surface area contributed by atoms with Crippen molar-refractivity contribution in [1.82, 2.24) is 14.5 Å². The predicted octanol–water partition coefficient (Wildman–Crippen LogP) is 2.71. The SMILES string of the molecule is CN(C)C(CNC(=O)C1CCN(S(=O)(=O)c2ccc(F)cc2)CC1)c1cccs1. The fraction of sp³-hybridized carbons (Fsp3) is 0.450. The fourth-order valence-corrected chi connectivity index (χ4v) is 5.87. The maximum absolute atomic E-state index is 13.1. The van der Waals surface area contributed by atoms with E-state index in [1.165, 1.54) is 21.3 Å². The van der Waals surface area contributed by atoms with E-state index in [2.05, 4.69) is 16.3 Å². The lowest BCUT2D eigenvalue weighted by Crippen LogP contribution is -2.44. The van der Waals surface area contributed by atoms with Gasteiger partial charge in [0.25, 0.3) is 0 Å². The van der Waals surface area contributed by atoms with E-state index in [1.807, 2.05) is 25.5 Å². The molecule has 0 aliphatic carbocycles. The summed E-state index contributed by atoms with van der Waals surface area (Å²) in [6.45, 7) is 1.07. The van der Waals surface area contributed by atoms with Crippen molar-refractivity contribution in [2.75, 3.05) is 33.7 Å². The number of rotatable bonds is 7. The summed E-state index contributed by atoms with van der Waals surface area (Å²) in [4.78, 5) is 16.0. The number of carbonyl (C=O) groups excluding carboxylic acids is 1. The first-order valence-corrected chi connectivity index (χ1v) is 11.8. The van der Waals surface area contributed by atoms with Crippen LogP contribution in [0.2, 0.25) is 0 Å². The molecule has 0 spiro atoms. The maximum atomic E-state index is 13.1. The van der Waals surface area contributed by atoms with Crippen LogP contribution in [0.15, 0.2) is 46.7 Å². The van der Waals surface area contributed by atoms with Gasteiger partial charge in [-0.3, -0.25) is 4.79 Å². The smallest absolute Gasteiger partial charge is 0.243 e. The van der Waals surface area contributed by atoms with Gasteiger partial charge in [0.05, 0.1) is 10.9 Å². The quantitative estimate of drug-likeness (QED) is 0.720. The molecule has 1 aromatic carbocycles. The predicted molar refractivity (Wildman–Crippen MR) is 112 cm³/mol. The zero-order chi connectivity index (χ0) is 21.0. The zero-order valence-corrected chi connectivity index (χ0v) is 18.2. The van der Waals surface area contributed by atoms with Gasteiger partial charge in [0.15, 0.2) is 0 Å². The highest BCUT2D eigenvalue weighted by molar-refractivity contribution is 7.89. The standard InChI is InChI=1S/C20H26FN3O3S2/c1-23(2)18(19-4-3-13-28-19)14-22-20(25)15-9-11-24(12-10-15)29(26,27)17-7-5-16(21)6-8-17/h3-8,13,15,18H,9-12,14H2,1-2H3,(H,22,25). The summed E-state index contributed by atoms with van der Waals surface area (Å²) in [6, 6.07) is 8.99. The molecule has 9 heteroatoms. The molecule has 1 atom stereocenters. The molecule has 2 heterocycles. The van der Waals surface area contributed by atoms with E-state index >= 15 is 0 Å². The highest BCUT2D eigenvalue weighted by atomic mass is 32.2. The molecule has 1 aliphatic heterocycles. The number of amides is 1. The summed E-state index contributed by atoms with van der Waals surface area (Å²) >= 11 is 1.66. The third kappa shape index (κ3) is 5.22. The van der Waals surface area contributed by atoms with Crippen LogP contribution >= 0.6 is 11.3 Å². The number of hydrogen-bond acceptors (Lipinski definition) is 5. The Balaban J connectivity index is 1.54. The second kappa shape index (κ2) is 9.34. The summed E-state index contributed by atoms with van der Waals surface area (Å²) in [5.41, 5.74) is 0. The highest BCUT2D eigenvalue weighted by Gasteiger charge is 2.32. The van der Waals surface area contributed by atoms with E-state index in [4.69, 9.17) is 0 Å². The number of halogens is 1. The summed E-state index contributed by atoms with van der Waals surface area (Å²) in [7, 11) is 0.298. The maximum Gasteiger partial charge on any atom is 0.243 e. The first kappa shape index (κ1) is 21.9. The van der Waals surface area contributed by atoms with E-state index in [1.54, 1.807) is 11.3 Å². The van der Waals surface area contributed by atoms with Crippen molar-refractivity contribution in [1.29, 1.82) is 0 Å². The Labute approximate surface area is 175 Å². The third-order valence-corrected chi connectivity index (χ3v) is 8.13. The molecule has 29 heavy (non-hydrogen) atoms. The van der Waals surface area contributed by atoms with Crippen LogP contribution in [-0.4, -0.2) is 57.3 Å². The lowest BCUT2D eigenvalue weighted by molar-refractivity contribution is -0.126. The number of likely N-dealkylation sites (N-methyl/N-ethyl adjacent to an activating group) is 1. The summed E-state index contributed by atoms with van der Waals surface area (Å²) in [5, 5.41) is 5.05. The Morgan fingerprint density at radius 1 is 1.24 bits per heavy atom. The summed E-state index contributed by atoms with van der Waals surface area (Å²) in [6.07, 6.45) is 0.940. The lowest BCUT2D eigenvalue weighted by Gasteiger charge is -2.31. The second-order valence-electron chi connectivity index (χ2n) is 7.37. The fourth-order valence-electron chi connectivity index (χ4n) is 3.47. The van der Waals surface area contributed by atoms with Gasteiger partial charge in [0.1, 0.15) is 5.82 Å². The molecular formula is C20H26FN3O3S2. The second-order valence-corrected chi connectivity index (χ2v) is 10.3. The van der Waals surface area contributed by atoms with Gasteiger partial charge in [-0.05, 0) is 62.6 Å². The summed E-state index contributed by atoms with van der Waals surface area (Å²) < 4.78 is 39.8. The Kier molecular flexibility index (Phi) is 7.05. The number of sulfonamides is 1. The van der Waals surface area contributed by atoms with Gasteiger partial charge in [0, 0.05) is 30.4 Å². The monoisotopic (exact) mass is 439 g/mol. The number of nitrogens with one attached hydrogen (secondary N) is 1. The molecular weight excluding hydrogens is 413 g/mol. The van der Waals surface area contributed by atoms with Crippen molar-refractivity contribution in [2.45, 2.75) is 23.8 Å². The first-order valence-electron chi connectivity index (χ1n) is 9.52. The van der Waals surface area contributed by atoms with Gasteiger partial charge in [-0.25, -0.2) is 12.8 Å². The highest BCUT2D eigenvalue weighted by Crippen LogP contribution is 2.25. The Hall–Kier alpha value is -1.81. The lowest BCUT2D eigenvalue weighted by atomic mass is 9.97. The molecule has 0 bridgehead atoms. The Bertz CT molecular complexity index is 907. The number of thiophene rings is 1. The molecule has 1 fully saturated rings. The molecule has 6 nitrogen and oxygen atoms in total. The number of hydrogen-bond donors (Lipinski definition) is 1. The van der Waals surface area contributed by atoms with E-state index < -0.39 is 15.8 Å². The van der Waals surface area contributed by atoms with Crippen LogP contribution in [-0.2, 0) is 14.8 Å². The van der Waals surface area contributed by atoms with E-state index in [9.17, 15) is 17.6 Å². The minimum atomic E-state index is -3.66. The van der Waals surface area contributed by atoms with Crippen molar-refractivity contribution >= 4 is 27.3 Å². The van der Waals surface area contributed by atoms with Gasteiger partial charge in [0.2, 0.25) is 15.9 Å². The average molecular weight is 440 g/mol. The zero-order valence-electron chi connectivity index (χ0n) is 16.5. The van der Waals surface area contributed by atoms with Crippen molar-refractivity contribution in [3.8, 4) is 0 Å². The molecule has 1 aromatic heterocycles. The number of nitrogens with zero attached hydrogens (tertiary/aromatic N) is 2. The van der Waals surface area contributed by atoms with Crippen LogP contribution in [0.3, 0.4) is 0 Å². The van der Waals surface area contributed by atoms with Gasteiger partial charge < -0.3 is 10.2 Å². The van der Waals surface area contributed by atoms with Crippen molar-refractivity contribution in [3.63, 3.8) is 0 Å². The van der Waals surface area contributed by atoms with Gasteiger partial charge >= 0.3 is 0 Å². The van der Waals surface area contributed by atoms with Crippen LogP contribution in [0.25, 0.3) is 0 Å². The van der Waals surface area contributed by atoms with Crippen LogP contribution in [0.1, 0.15) is 23.8 Å². The van der Waals surface area contributed by atoms with Crippen LogP contribution in [0.5, 0.6) is 0 Å². The Morgan fingerprint density at radius 3 is 2.45 bits per heavy atom. The molecule has 1 aliphatic rings. The molecule has 1 unspecified atom stereocenters. The van der Waals surface area contributed by atoms with Crippen molar-refractivity contribution in [3.05, 3.63) is 52.5 Å². The molecule has 0 saturated carbocycles.